The largest absolute Gasteiger partial charge is 0.573 e. The van der Waals surface area contributed by atoms with Gasteiger partial charge in [-0.15, -0.1) is 13.2 Å². The summed E-state index contributed by atoms with van der Waals surface area (Å²) in [5.41, 5.74) is -11.2. The molecule has 0 aromatic heterocycles. The molecule has 19 heteroatoms. The molecule has 0 bridgehead atoms. The van der Waals surface area contributed by atoms with Gasteiger partial charge in [0, 0.05) is 32.2 Å². The Hall–Kier alpha value is -3.31. The van der Waals surface area contributed by atoms with Crippen molar-refractivity contribution < 1.29 is 62.6 Å². The highest BCUT2D eigenvalue weighted by Gasteiger charge is 2.73. The fourth-order valence-electron chi connectivity index (χ4n) is 4.36. The normalized spacial score (nSPS) is 14.2. The Balaban J connectivity index is 1.78. The zero-order valence-corrected chi connectivity index (χ0v) is 25.9. The van der Waals surface area contributed by atoms with E-state index in [0.717, 1.165) is 23.1 Å². The van der Waals surface area contributed by atoms with Gasteiger partial charge in [0.15, 0.2) is 11.6 Å². The first kappa shape index (κ1) is 36.5. The molecule has 0 saturated heterocycles. The van der Waals surface area contributed by atoms with Crippen molar-refractivity contribution in [3.05, 3.63) is 85.6 Å². The molecule has 47 heavy (non-hydrogen) atoms. The summed E-state index contributed by atoms with van der Waals surface area (Å²) in [5.74, 6) is -5.70. The van der Waals surface area contributed by atoms with Crippen LogP contribution in [0.15, 0.2) is 53.0 Å². The SMILES string of the molecule is O=C(Nc1c(Br)cc(C(F)(C(F)(F)F)C(F)(F)F)cc1OC(F)(F)F)c1cccc(N(CC2CC2)C(=O)c2cc(Cl)cc(Cl)c2)c1F. The van der Waals surface area contributed by atoms with Crippen LogP contribution in [0.2, 0.25) is 10.0 Å². The summed E-state index contributed by atoms with van der Waals surface area (Å²) in [6.45, 7) is -0.0368. The number of anilines is 2. The van der Waals surface area contributed by atoms with Crippen LogP contribution >= 0.6 is 39.1 Å². The molecule has 2 amide bonds. The van der Waals surface area contributed by atoms with Gasteiger partial charge in [0.05, 0.1) is 16.9 Å². The van der Waals surface area contributed by atoms with Gasteiger partial charge in [-0.05, 0) is 77.2 Å². The molecule has 254 valence electrons. The first-order valence-corrected chi connectivity index (χ1v) is 14.4. The third-order valence-corrected chi connectivity index (χ3v) is 7.77. The van der Waals surface area contributed by atoms with Gasteiger partial charge < -0.3 is 15.0 Å². The number of hydrogen-bond acceptors (Lipinski definition) is 3. The van der Waals surface area contributed by atoms with Gasteiger partial charge in [-0.3, -0.25) is 9.59 Å². The molecule has 3 aromatic carbocycles. The van der Waals surface area contributed by atoms with E-state index in [9.17, 15) is 53.5 Å². The molecule has 0 radical (unpaired) electrons. The average molecular weight is 788 g/mol. The Bertz CT molecular complexity index is 1680. The second-order valence-corrected chi connectivity index (χ2v) is 11.9. The highest BCUT2D eigenvalue weighted by Crippen LogP contribution is 2.55. The van der Waals surface area contributed by atoms with Crippen LogP contribution in [0.4, 0.5) is 59.7 Å². The number of amides is 2. The van der Waals surface area contributed by atoms with Crippen molar-refractivity contribution in [2.75, 3.05) is 16.8 Å². The van der Waals surface area contributed by atoms with Gasteiger partial charge in [-0.2, -0.15) is 26.3 Å². The Kier molecular flexibility index (Phi) is 10.1. The molecular formula is C28H16BrCl2F11N2O3. The maximum Gasteiger partial charge on any atom is 0.573 e. The van der Waals surface area contributed by atoms with Crippen LogP contribution in [0.3, 0.4) is 0 Å². The molecule has 1 fully saturated rings. The minimum absolute atomic E-state index is 0.0368. The smallest absolute Gasteiger partial charge is 0.404 e. The van der Waals surface area contributed by atoms with Gasteiger partial charge in [-0.25, -0.2) is 8.78 Å². The first-order chi connectivity index (χ1) is 21.5. The number of carbonyl (C=O) groups is 2. The van der Waals surface area contributed by atoms with E-state index in [4.69, 9.17) is 23.2 Å². The van der Waals surface area contributed by atoms with E-state index in [1.165, 1.54) is 18.2 Å². The first-order valence-electron chi connectivity index (χ1n) is 12.8. The summed E-state index contributed by atoms with van der Waals surface area (Å²) < 4.78 is 153. The summed E-state index contributed by atoms with van der Waals surface area (Å²) >= 11 is 14.4. The Labute approximate surface area is 275 Å². The highest BCUT2D eigenvalue weighted by molar-refractivity contribution is 9.10. The summed E-state index contributed by atoms with van der Waals surface area (Å²) in [5, 5.41) is 1.88. The zero-order chi connectivity index (χ0) is 35.3. The molecule has 4 rings (SSSR count). The molecule has 3 aromatic rings. The fraction of sp³-hybridized carbons (Fsp3) is 0.286. The molecule has 1 aliphatic carbocycles. The Morgan fingerprint density at radius 3 is 1.98 bits per heavy atom. The lowest BCUT2D eigenvalue weighted by Gasteiger charge is -2.31. The quantitative estimate of drug-likeness (QED) is 0.231. The van der Waals surface area contributed by atoms with Crippen molar-refractivity contribution in [1.82, 2.24) is 0 Å². The molecule has 0 heterocycles. The predicted octanol–water partition coefficient (Wildman–Crippen LogP) is 10.4. The predicted molar refractivity (Wildman–Crippen MR) is 151 cm³/mol. The van der Waals surface area contributed by atoms with Gasteiger partial charge in [0.25, 0.3) is 11.8 Å². The standard InChI is InChI=1S/C28H16BrCl2F11N2O3/c29-18-8-14(25(33,26(34,35)36)27(37,38)39)9-20(47-28(40,41)42)22(18)43-23(45)17-2-1-3-19(21(17)32)44(11-12-4-5-12)24(46)13-6-15(30)10-16(31)7-13/h1-3,6-10,12H,4-5,11H2,(H,43,45). The van der Waals surface area contributed by atoms with Crippen molar-refractivity contribution >= 4 is 62.3 Å². The van der Waals surface area contributed by atoms with Crippen LogP contribution in [0.5, 0.6) is 5.75 Å². The third kappa shape index (κ3) is 7.88. The van der Waals surface area contributed by atoms with Gasteiger partial charge >= 0.3 is 24.4 Å². The minimum atomic E-state index is -6.70. The second kappa shape index (κ2) is 13.0. The summed E-state index contributed by atoms with van der Waals surface area (Å²) in [4.78, 5) is 27.6. The number of ether oxygens (including phenoxy) is 1. The number of halogens is 14. The topological polar surface area (TPSA) is 58.6 Å². The molecule has 0 unspecified atom stereocenters. The maximum absolute atomic E-state index is 15.9. The number of nitrogens with zero attached hydrogens (tertiary/aromatic N) is 1. The van der Waals surface area contributed by atoms with E-state index < -0.39 is 80.8 Å². The second-order valence-electron chi connectivity index (χ2n) is 10.1. The van der Waals surface area contributed by atoms with E-state index in [2.05, 4.69) is 20.7 Å². The van der Waals surface area contributed by atoms with Gasteiger partial charge in [0.2, 0.25) is 0 Å². The number of rotatable bonds is 8. The molecule has 1 N–H and O–H groups in total. The third-order valence-electron chi connectivity index (χ3n) is 6.70. The van der Waals surface area contributed by atoms with Crippen LogP contribution in [-0.2, 0) is 5.67 Å². The van der Waals surface area contributed by atoms with E-state index in [1.807, 2.05) is 0 Å². The average Bonchev–Trinajstić information content (AvgIpc) is 3.74. The number of hydrogen-bond donors (Lipinski definition) is 1. The molecule has 0 atom stereocenters. The van der Waals surface area contributed by atoms with Crippen LogP contribution in [0, 0.1) is 11.7 Å². The van der Waals surface area contributed by atoms with Crippen molar-refractivity contribution in [1.29, 1.82) is 0 Å². The van der Waals surface area contributed by atoms with Crippen molar-refractivity contribution in [2.24, 2.45) is 5.92 Å². The fourth-order valence-corrected chi connectivity index (χ4v) is 5.43. The lowest BCUT2D eigenvalue weighted by atomic mass is 9.93. The van der Waals surface area contributed by atoms with E-state index in [-0.39, 0.29) is 34.1 Å². The van der Waals surface area contributed by atoms with E-state index in [0.29, 0.717) is 12.8 Å². The number of nitrogens with one attached hydrogen (secondary N) is 1. The summed E-state index contributed by atoms with van der Waals surface area (Å²) in [6.07, 6.45) is -17.8. The molecular weight excluding hydrogens is 772 g/mol. The summed E-state index contributed by atoms with van der Waals surface area (Å²) in [7, 11) is 0. The van der Waals surface area contributed by atoms with Crippen molar-refractivity contribution in [3.8, 4) is 5.75 Å². The van der Waals surface area contributed by atoms with Crippen LogP contribution in [-0.4, -0.2) is 37.1 Å². The van der Waals surface area contributed by atoms with Crippen LogP contribution in [0.1, 0.15) is 39.1 Å². The monoisotopic (exact) mass is 786 g/mol. The number of alkyl halides is 10. The van der Waals surface area contributed by atoms with Crippen molar-refractivity contribution in [3.63, 3.8) is 0 Å². The Morgan fingerprint density at radius 1 is 0.894 bits per heavy atom. The maximum atomic E-state index is 15.9. The van der Waals surface area contributed by atoms with Gasteiger partial charge in [0.1, 0.15) is 0 Å². The van der Waals surface area contributed by atoms with E-state index >= 15 is 4.39 Å². The van der Waals surface area contributed by atoms with Crippen molar-refractivity contribution in [2.45, 2.75) is 37.2 Å². The van der Waals surface area contributed by atoms with Gasteiger partial charge in [-0.1, -0.05) is 29.3 Å². The lowest BCUT2D eigenvalue weighted by Crippen LogP contribution is -2.50. The Morgan fingerprint density at radius 2 is 1.47 bits per heavy atom. The summed E-state index contributed by atoms with van der Waals surface area (Å²) in [6, 6.07) is 6.15. The molecule has 1 aliphatic rings. The molecule has 5 nitrogen and oxygen atoms in total. The van der Waals surface area contributed by atoms with E-state index in [1.54, 1.807) is 5.32 Å². The molecule has 0 aliphatic heterocycles. The molecule has 1 saturated carbocycles. The minimum Gasteiger partial charge on any atom is -0.404 e. The zero-order valence-electron chi connectivity index (χ0n) is 22.8. The molecule has 0 spiro atoms. The number of carbonyl (C=O) groups excluding carboxylic acids is 2. The van der Waals surface area contributed by atoms with Crippen LogP contribution < -0.4 is 15.0 Å². The van der Waals surface area contributed by atoms with Crippen LogP contribution in [0.25, 0.3) is 0 Å². The lowest BCUT2D eigenvalue weighted by molar-refractivity contribution is -0.348. The number of benzene rings is 3. The highest BCUT2D eigenvalue weighted by atomic mass is 79.9.